The fraction of sp³-hybridized carbons (Fsp3) is 0.500. The molecule has 1 saturated heterocycles. The van der Waals surface area contributed by atoms with E-state index in [9.17, 15) is 14.3 Å². The molecule has 2 aromatic rings. The number of aliphatic hydroxyl groups is 1. The third-order valence-corrected chi connectivity index (χ3v) is 5.05. The highest BCUT2D eigenvalue weighted by Crippen LogP contribution is 2.35. The second-order valence-electron chi connectivity index (χ2n) is 6.95. The van der Waals surface area contributed by atoms with Gasteiger partial charge in [0.05, 0.1) is 23.9 Å². The Morgan fingerprint density at radius 2 is 2.27 bits per heavy atom. The molecule has 2 atom stereocenters. The summed E-state index contributed by atoms with van der Waals surface area (Å²) in [4.78, 5) is 19.0. The monoisotopic (exact) mass is 360 g/mol. The number of nitrogens with zero attached hydrogens (tertiary/aromatic N) is 2. The normalized spacial score (nSPS) is 18.8. The van der Waals surface area contributed by atoms with E-state index in [0.29, 0.717) is 28.7 Å². The van der Waals surface area contributed by atoms with Crippen LogP contribution in [-0.4, -0.2) is 41.9 Å². The fourth-order valence-corrected chi connectivity index (χ4v) is 3.73. The number of piperidine rings is 1. The number of ether oxygens (including phenoxy) is 1. The van der Waals surface area contributed by atoms with Gasteiger partial charge in [0.1, 0.15) is 11.4 Å². The van der Waals surface area contributed by atoms with Crippen LogP contribution in [0.1, 0.15) is 42.6 Å². The first-order valence-electron chi connectivity index (χ1n) is 9.11. The molecule has 1 aliphatic heterocycles. The Hall–Kier alpha value is -2.21. The van der Waals surface area contributed by atoms with Gasteiger partial charge in [0.25, 0.3) is 0 Å². The zero-order chi connectivity index (χ0) is 18.8. The summed E-state index contributed by atoms with van der Waals surface area (Å²) in [6.45, 7) is 6.95. The van der Waals surface area contributed by atoms with E-state index in [1.807, 2.05) is 0 Å². The van der Waals surface area contributed by atoms with Gasteiger partial charge in [0, 0.05) is 30.6 Å². The molecule has 0 saturated carbocycles. The van der Waals surface area contributed by atoms with Crippen molar-refractivity contribution in [2.24, 2.45) is 5.92 Å². The quantitative estimate of drug-likeness (QED) is 0.846. The summed E-state index contributed by atoms with van der Waals surface area (Å²) in [7, 11) is 0. The van der Waals surface area contributed by atoms with E-state index in [1.165, 1.54) is 18.3 Å². The summed E-state index contributed by atoms with van der Waals surface area (Å²) in [5.74, 6) is -0.710. The number of aliphatic hydroxyl groups excluding tert-OH is 1. The van der Waals surface area contributed by atoms with Crippen molar-refractivity contribution < 1.29 is 19.0 Å². The van der Waals surface area contributed by atoms with E-state index in [0.717, 1.165) is 24.9 Å². The van der Waals surface area contributed by atoms with Crippen LogP contribution in [0.2, 0.25) is 0 Å². The Bertz CT molecular complexity index is 822. The molecular weight excluding hydrogens is 335 g/mol. The first-order chi connectivity index (χ1) is 12.4. The molecule has 1 aromatic heterocycles. The van der Waals surface area contributed by atoms with Crippen LogP contribution in [0.15, 0.2) is 18.3 Å². The molecule has 0 amide bonds. The van der Waals surface area contributed by atoms with Crippen molar-refractivity contribution in [1.82, 2.24) is 4.98 Å². The van der Waals surface area contributed by atoms with Crippen molar-refractivity contribution in [2.45, 2.75) is 39.7 Å². The number of hydrogen-bond donors (Lipinski definition) is 1. The number of hydrogen-bond acceptors (Lipinski definition) is 5. The van der Waals surface area contributed by atoms with Gasteiger partial charge in [0.15, 0.2) is 0 Å². The van der Waals surface area contributed by atoms with E-state index in [1.54, 1.807) is 20.8 Å². The van der Waals surface area contributed by atoms with Gasteiger partial charge in [-0.2, -0.15) is 0 Å². The van der Waals surface area contributed by atoms with Crippen LogP contribution in [0, 0.1) is 18.7 Å². The van der Waals surface area contributed by atoms with Gasteiger partial charge in [-0.25, -0.2) is 9.18 Å². The van der Waals surface area contributed by atoms with Crippen LogP contribution in [-0.2, 0) is 4.74 Å². The summed E-state index contributed by atoms with van der Waals surface area (Å²) in [6, 6.07) is 2.87. The predicted octanol–water partition coefficient (Wildman–Crippen LogP) is 3.46. The number of fused-ring (bicyclic) bond motifs is 1. The zero-order valence-electron chi connectivity index (χ0n) is 15.5. The van der Waals surface area contributed by atoms with Gasteiger partial charge in [-0.3, -0.25) is 4.98 Å². The molecule has 0 radical (unpaired) electrons. The number of aryl methyl sites for hydroxylation is 1. The number of anilines is 1. The van der Waals surface area contributed by atoms with Gasteiger partial charge >= 0.3 is 5.97 Å². The number of benzene rings is 1. The maximum Gasteiger partial charge on any atom is 0.341 e. The predicted molar refractivity (Wildman–Crippen MR) is 99.0 cm³/mol. The van der Waals surface area contributed by atoms with Crippen LogP contribution < -0.4 is 4.90 Å². The Kier molecular flexibility index (Phi) is 5.41. The highest BCUT2D eigenvalue weighted by Gasteiger charge is 2.28. The Morgan fingerprint density at radius 3 is 2.96 bits per heavy atom. The van der Waals surface area contributed by atoms with E-state index < -0.39 is 12.1 Å². The van der Waals surface area contributed by atoms with Crippen LogP contribution in [0.25, 0.3) is 10.9 Å². The molecular formula is C20H25FN2O3. The molecule has 0 bridgehead atoms. The van der Waals surface area contributed by atoms with Crippen molar-refractivity contribution in [2.75, 3.05) is 24.6 Å². The average Bonchev–Trinajstić information content (AvgIpc) is 2.60. The first kappa shape index (κ1) is 18.6. The Morgan fingerprint density at radius 1 is 1.50 bits per heavy atom. The average molecular weight is 360 g/mol. The molecule has 1 aliphatic rings. The van der Waals surface area contributed by atoms with Crippen LogP contribution in [0.4, 0.5) is 10.1 Å². The number of aromatic nitrogens is 1. The van der Waals surface area contributed by atoms with Gasteiger partial charge in [-0.05, 0) is 51.3 Å². The second kappa shape index (κ2) is 7.58. The summed E-state index contributed by atoms with van der Waals surface area (Å²) in [6.07, 6.45) is 2.91. The molecule has 1 fully saturated rings. The number of pyridine rings is 1. The van der Waals surface area contributed by atoms with E-state index in [2.05, 4.69) is 9.88 Å². The van der Waals surface area contributed by atoms with Crippen molar-refractivity contribution in [3.8, 4) is 0 Å². The van der Waals surface area contributed by atoms with Crippen LogP contribution in [0.3, 0.4) is 0 Å². The van der Waals surface area contributed by atoms with E-state index >= 15 is 0 Å². The van der Waals surface area contributed by atoms with E-state index in [-0.39, 0.29) is 18.3 Å². The number of carbonyl (C=O) groups excluding carboxylic acids is 1. The standard InChI is InChI=1S/C20H25FN2O3/c1-4-26-20(25)17-10-22-18-12(2)8-15(21)9-16(18)19(17)23-7-5-6-14(11-23)13(3)24/h8-10,13-14,24H,4-7,11H2,1-3H3. The van der Waals surface area contributed by atoms with Gasteiger partial charge in [-0.1, -0.05) is 0 Å². The second-order valence-corrected chi connectivity index (χ2v) is 6.95. The van der Waals surface area contributed by atoms with Crippen molar-refractivity contribution in [3.05, 3.63) is 35.3 Å². The number of esters is 1. The maximum absolute atomic E-state index is 14.1. The maximum atomic E-state index is 14.1. The lowest BCUT2D eigenvalue weighted by Gasteiger charge is -2.37. The highest BCUT2D eigenvalue weighted by atomic mass is 19.1. The zero-order valence-corrected chi connectivity index (χ0v) is 15.5. The molecule has 0 aliphatic carbocycles. The van der Waals surface area contributed by atoms with Gasteiger partial charge < -0.3 is 14.7 Å². The molecule has 1 aromatic carbocycles. The molecule has 26 heavy (non-hydrogen) atoms. The molecule has 6 heteroatoms. The van der Waals surface area contributed by atoms with E-state index in [4.69, 9.17) is 4.74 Å². The lowest BCUT2D eigenvalue weighted by Crippen LogP contribution is -2.40. The topological polar surface area (TPSA) is 62.7 Å². The molecule has 2 heterocycles. The number of halogens is 1. The SMILES string of the molecule is CCOC(=O)c1cnc2c(C)cc(F)cc2c1N1CCCC(C(C)O)C1. The summed E-state index contributed by atoms with van der Waals surface area (Å²) < 4.78 is 19.3. The van der Waals surface area contributed by atoms with Crippen LogP contribution >= 0.6 is 0 Å². The Labute approximate surface area is 152 Å². The summed E-state index contributed by atoms with van der Waals surface area (Å²) in [5.41, 5.74) is 2.39. The third-order valence-electron chi connectivity index (χ3n) is 5.05. The fourth-order valence-electron chi connectivity index (χ4n) is 3.73. The molecule has 5 nitrogen and oxygen atoms in total. The third kappa shape index (κ3) is 3.51. The smallest absolute Gasteiger partial charge is 0.341 e. The van der Waals surface area contributed by atoms with Crippen molar-refractivity contribution >= 4 is 22.6 Å². The minimum absolute atomic E-state index is 0.108. The molecule has 3 rings (SSSR count). The molecule has 140 valence electrons. The minimum atomic E-state index is -0.460. The number of rotatable bonds is 4. The van der Waals surface area contributed by atoms with Crippen molar-refractivity contribution in [3.63, 3.8) is 0 Å². The van der Waals surface area contributed by atoms with Crippen molar-refractivity contribution in [1.29, 1.82) is 0 Å². The van der Waals surface area contributed by atoms with Gasteiger partial charge in [0.2, 0.25) is 0 Å². The van der Waals surface area contributed by atoms with Crippen LogP contribution in [0.5, 0.6) is 0 Å². The largest absolute Gasteiger partial charge is 0.462 e. The summed E-state index contributed by atoms with van der Waals surface area (Å²) >= 11 is 0. The molecule has 0 spiro atoms. The lowest BCUT2D eigenvalue weighted by molar-refractivity contribution is 0.0526. The molecule has 1 N–H and O–H groups in total. The minimum Gasteiger partial charge on any atom is -0.462 e. The summed E-state index contributed by atoms with van der Waals surface area (Å²) in [5, 5.41) is 10.6. The molecule has 2 unspecified atom stereocenters. The lowest BCUT2D eigenvalue weighted by atomic mass is 9.92. The van der Waals surface area contributed by atoms with Gasteiger partial charge in [-0.15, -0.1) is 0 Å². The number of carbonyl (C=O) groups is 1. The highest BCUT2D eigenvalue weighted by molar-refractivity contribution is 6.06. The first-order valence-corrected chi connectivity index (χ1v) is 9.11. The Balaban J connectivity index is 2.18.